The summed E-state index contributed by atoms with van der Waals surface area (Å²) in [6.07, 6.45) is -0.742. The van der Waals surface area contributed by atoms with Crippen molar-refractivity contribution in [3.63, 3.8) is 0 Å². The summed E-state index contributed by atoms with van der Waals surface area (Å²) in [6.45, 7) is 2.41. The van der Waals surface area contributed by atoms with Gasteiger partial charge in [0.15, 0.2) is 23.2 Å². The Bertz CT molecular complexity index is 708. The average molecular weight is 338 g/mol. The molecular weight excluding hydrogens is 316 g/mol. The number of aliphatic hydroxyl groups excluding tert-OH is 3. The van der Waals surface area contributed by atoms with Crippen LogP contribution in [0.5, 0.6) is 0 Å². The van der Waals surface area contributed by atoms with E-state index in [2.05, 4.69) is 27.2 Å². The minimum atomic E-state index is -1.22. The lowest BCUT2D eigenvalue weighted by molar-refractivity contribution is -0.0511. The lowest BCUT2D eigenvalue weighted by Crippen LogP contribution is -2.33. The molecule has 4 atom stereocenters. The largest absolute Gasteiger partial charge is 0.394 e. The lowest BCUT2D eigenvalue weighted by atomic mass is 10.1. The quantitative estimate of drug-likeness (QED) is 0.428. The fourth-order valence-electron chi connectivity index (χ4n) is 2.74. The number of imidazole rings is 1. The van der Waals surface area contributed by atoms with E-state index in [1.165, 1.54) is 10.9 Å². The molecule has 0 aliphatic carbocycles. The standard InChI is InChI=1S/C14H22N6O4/c1-2-3-4-16-11-8-12(19-14(15)18-11)20(6-17-8)13-10(23)9(22)7(5-21)24-13/h6-7,9-10,13,21-23H,2-5H2,1H3,(H3,15,16,18,19)/t7-,9-,10-,13?/m1/s1. The number of nitrogens with two attached hydrogens (primary N) is 1. The van der Waals surface area contributed by atoms with Crippen LogP contribution in [-0.4, -0.2) is 66.3 Å². The van der Waals surface area contributed by atoms with Gasteiger partial charge >= 0.3 is 0 Å². The molecule has 1 aliphatic heterocycles. The maximum Gasteiger partial charge on any atom is 0.224 e. The van der Waals surface area contributed by atoms with Gasteiger partial charge in [0.1, 0.15) is 18.3 Å². The van der Waals surface area contributed by atoms with Gasteiger partial charge in [-0.05, 0) is 6.42 Å². The number of aliphatic hydroxyl groups is 3. The Morgan fingerprint density at radius 1 is 1.33 bits per heavy atom. The highest BCUT2D eigenvalue weighted by Gasteiger charge is 2.44. The van der Waals surface area contributed by atoms with Gasteiger partial charge in [0.05, 0.1) is 12.9 Å². The fraction of sp³-hybridized carbons (Fsp3) is 0.643. The zero-order valence-electron chi connectivity index (χ0n) is 13.3. The minimum Gasteiger partial charge on any atom is -0.394 e. The second-order valence-corrected chi connectivity index (χ2v) is 5.76. The van der Waals surface area contributed by atoms with Gasteiger partial charge in [-0.3, -0.25) is 4.57 Å². The molecule has 1 saturated heterocycles. The van der Waals surface area contributed by atoms with Crippen molar-refractivity contribution in [1.82, 2.24) is 19.5 Å². The first-order chi connectivity index (χ1) is 11.6. The fourth-order valence-corrected chi connectivity index (χ4v) is 2.74. The van der Waals surface area contributed by atoms with Gasteiger partial charge in [-0.1, -0.05) is 13.3 Å². The van der Waals surface area contributed by atoms with E-state index in [-0.39, 0.29) is 5.95 Å². The smallest absolute Gasteiger partial charge is 0.224 e. The summed E-state index contributed by atoms with van der Waals surface area (Å²) in [5, 5.41) is 32.5. The van der Waals surface area contributed by atoms with E-state index < -0.39 is 31.1 Å². The number of unbranched alkanes of at least 4 members (excludes halogenated alkanes) is 1. The van der Waals surface area contributed by atoms with Gasteiger partial charge in [0.2, 0.25) is 5.95 Å². The Morgan fingerprint density at radius 3 is 2.79 bits per heavy atom. The Morgan fingerprint density at radius 2 is 2.12 bits per heavy atom. The number of hydrogen-bond donors (Lipinski definition) is 5. The summed E-state index contributed by atoms with van der Waals surface area (Å²) in [5.74, 6) is 0.575. The predicted molar refractivity (Wildman–Crippen MR) is 86.1 cm³/mol. The highest BCUT2D eigenvalue weighted by molar-refractivity contribution is 5.84. The van der Waals surface area contributed by atoms with Crippen molar-refractivity contribution in [1.29, 1.82) is 0 Å². The average Bonchev–Trinajstić information content (AvgIpc) is 3.10. The van der Waals surface area contributed by atoms with Crippen molar-refractivity contribution < 1.29 is 20.1 Å². The number of nitrogen functional groups attached to an aromatic ring is 1. The molecule has 1 unspecified atom stereocenters. The minimum absolute atomic E-state index is 0.0648. The molecule has 0 aromatic carbocycles. The normalized spacial score (nSPS) is 27.0. The Balaban J connectivity index is 1.95. The van der Waals surface area contributed by atoms with Crippen LogP contribution < -0.4 is 11.1 Å². The molecule has 1 fully saturated rings. The molecule has 0 radical (unpaired) electrons. The summed E-state index contributed by atoms with van der Waals surface area (Å²) in [5.41, 5.74) is 6.66. The molecular formula is C14H22N6O4. The first-order valence-electron chi connectivity index (χ1n) is 7.93. The Labute approximate surface area is 138 Å². The summed E-state index contributed by atoms with van der Waals surface area (Å²) in [6, 6.07) is 0. The van der Waals surface area contributed by atoms with E-state index in [9.17, 15) is 15.3 Å². The van der Waals surface area contributed by atoms with E-state index in [1.54, 1.807) is 0 Å². The van der Waals surface area contributed by atoms with E-state index >= 15 is 0 Å². The van der Waals surface area contributed by atoms with Crippen molar-refractivity contribution in [2.24, 2.45) is 0 Å². The Hall–Kier alpha value is -2.01. The van der Waals surface area contributed by atoms with Gasteiger partial charge < -0.3 is 31.1 Å². The summed E-state index contributed by atoms with van der Waals surface area (Å²) >= 11 is 0. The van der Waals surface area contributed by atoms with Crippen molar-refractivity contribution in [2.45, 2.75) is 44.3 Å². The van der Waals surface area contributed by atoms with Crippen LogP contribution in [0.1, 0.15) is 26.0 Å². The Kier molecular flexibility index (Phi) is 4.81. The molecule has 2 aromatic rings. The lowest BCUT2D eigenvalue weighted by Gasteiger charge is -2.16. The van der Waals surface area contributed by atoms with Gasteiger partial charge in [0, 0.05) is 6.54 Å². The molecule has 6 N–H and O–H groups in total. The zero-order chi connectivity index (χ0) is 17.3. The van der Waals surface area contributed by atoms with Crippen LogP contribution in [0.15, 0.2) is 6.33 Å². The number of aromatic nitrogens is 4. The monoisotopic (exact) mass is 338 g/mol. The highest BCUT2D eigenvalue weighted by atomic mass is 16.6. The molecule has 2 aromatic heterocycles. The molecule has 0 amide bonds. The van der Waals surface area contributed by atoms with Crippen LogP contribution in [-0.2, 0) is 4.74 Å². The molecule has 3 heterocycles. The number of hydrogen-bond acceptors (Lipinski definition) is 9. The first kappa shape index (κ1) is 16.8. The second-order valence-electron chi connectivity index (χ2n) is 5.76. The van der Waals surface area contributed by atoms with E-state index in [0.29, 0.717) is 17.0 Å². The number of nitrogens with zero attached hydrogens (tertiary/aromatic N) is 4. The van der Waals surface area contributed by atoms with E-state index in [4.69, 9.17) is 10.5 Å². The van der Waals surface area contributed by atoms with E-state index in [0.717, 1.165) is 19.4 Å². The summed E-state index contributed by atoms with van der Waals surface area (Å²) < 4.78 is 7.01. The SMILES string of the molecule is CCCCNc1nc(N)nc2c1ncn2C1O[C@H](CO)[C@@H](O)[C@H]1O. The van der Waals surface area contributed by atoms with Crippen LogP contribution in [0.2, 0.25) is 0 Å². The number of fused-ring (bicyclic) bond motifs is 1. The maximum absolute atomic E-state index is 10.2. The number of ether oxygens (including phenoxy) is 1. The molecule has 0 saturated carbocycles. The highest BCUT2D eigenvalue weighted by Crippen LogP contribution is 2.32. The third-order valence-electron chi connectivity index (χ3n) is 4.05. The molecule has 0 spiro atoms. The number of nitrogens with one attached hydrogen (secondary N) is 1. The van der Waals surface area contributed by atoms with Gasteiger partial charge in [0.25, 0.3) is 0 Å². The van der Waals surface area contributed by atoms with Gasteiger partial charge in [-0.25, -0.2) is 4.98 Å². The van der Waals surface area contributed by atoms with Crippen LogP contribution in [0.3, 0.4) is 0 Å². The zero-order valence-corrected chi connectivity index (χ0v) is 13.3. The van der Waals surface area contributed by atoms with Crippen LogP contribution >= 0.6 is 0 Å². The van der Waals surface area contributed by atoms with Crippen LogP contribution in [0.25, 0.3) is 11.2 Å². The number of anilines is 2. The topological polar surface area (TPSA) is 152 Å². The molecule has 3 rings (SSSR count). The molecule has 132 valence electrons. The number of rotatable bonds is 6. The maximum atomic E-state index is 10.2. The van der Waals surface area contributed by atoms with Gasteiger partial charge in [-0.2, -0.15) is 9.97 Å². The molecule has 10 heteroatoms. The van der Waals surface area contributed by atoms with Gasteiger partial charge in [-0.15, -0.1) is 0 Å². The van der Waals surface area contributed by atoms with Crippen molar-refractivity contribution in [3.8, 4) is 0 Å². The summed E-state index contributed by atoms with van der Waals surface area (Å²) in [4.78, 5) is 12.6. The summed E-state index contributed by atoms with van der Waals surface area (Å²) in [7, 11) is 0. The third-order valence-corrected chi connectivity index (χ3v) is 4.05. The predicted octanol–water partition coefficient (Wildman–Crippen LogP) is -0.768. The van der Waals surface area contributed by atoms with Crippen molar-refractivity contribution >= 4 is 22.9 Å². The second kappa shape index (κ2) is 6.85. The third kappa shape index (κ3) is 2.88. The van der Waals surface area contributed by atoms with E-state index in [1.807, 2.05) is 0 Å². The van der Waals surface area contributed by atoms with Crippen LogP contribution in [0, 0.1) is 0 Å². The van der Waals surface area contributed by atoms with Crippen molar-refractivity contribution in [2.75, 3.05) is 24.2 Å². The molecule has 0 bridgehead atoms. The molecule has 24 heavy (non-hydrogen) atoms. The van der Waals surface area contributed by atoms with Crippen molar-refractivity contribution in [3.05, 3.63) is 6.33 Å². The first-order valence-corrected chi connectivity index (χ1v) is 7.93. The molecule has 1 aliphatic rings. The molecule has 10 nitrogen and oxygen atoms in total. The van der Waals surface area contributed by atoms with Crippen LogP contribution in [0.4, 0.5) is 11.8 Å².